The molecule has 1 aliphatic rings. The van der Waals surface area contributed by atoms with E-state index in [1.807, 2.05) is 17.8 Å². The number of nitrogens with one attached hydrogen (secondary N) is 2. The van der Waals surface area contributed by atoms with Crippen molar-refractivity contribution in [3.05, 3.63) is 23.9 Å². The van der Waals surface area contributed by atoms with Gasteiger partial charge in [0.15, 0.2) is 5.96 Å². The van der Waals surface area contributed by atoms with E-state index in [1.54, 1.807) is 6.20 Å². The first-order valence-electron chi connectivity index (χ1n) is 10.1. The van der Waals surface area contributed by atoms with Crippen LogP contribution in [0.15, 0.2) is 23.3 Å². The zero-order chi connectivity index (χ0) is 20.2. The van der Waals surface area contributed by atoms with E-state index < -0.39 is 0 Å². The fourth-order valence-electron chi connectivity index (χ4n) is 3.32. The van der Waals surface area contributed by atoms with Crippen molar-refractivity contribution in [2.45, 2.75) is 39.2 Å². The molecule has 28 heavy (non-hydrogen) atoms. The third kappa shape index (κ3) is 7.22. The van der Waals surface area contributed by atoms with Crippen LogP contribution in [0.25, 0.3) is 0 Å². The Hall–Kier alpha value is -1.96. The maximum absolute atomic E-state index is 11.6. The number of primary amides is 1. The van der Waals surface area contributed by atoms with Crippen LogP contribution in [-0.4, -0.2) is 55.0 Å². The molecule has 0 bridgehead atoms. The number of guanidine groups is 1. The molecule has 1 saturated heterocycles. The molecule has 156 valence electrons. The van der Waals surface area contributed by atoms with E-state index in [9.17, 15) is 4.79 Å². The number of thioether (sulfide) groups is 1. The van der Waals surface area contributed by atoms with Crippen LogP contribution in [0.3, 0.4) is 0 Å². The van der Waals surface area contributed by atoms with Gasteiger partial charge in [-0.25, -0.2) is 9.98 Å². The lowest BCUT2D eigenvalue weighted by Gasteiger charge is -2.33. The molecule has 1 amide bonds. The molecule has 7 nitrogen and oxygen atoms in total. The Bertz CT molecular complexity index is 639. The van der Waals surface area contributed by atoms with Crippen LogP contribution in [0.4, 0.5) is 5.82 Å². The minimum atomic E-state index is -0.222. The minimum Gasteiger partial charge on any atom is -0.369 e. The molecule has 0 aliphatic carbocycles. The molecule has 0 aromatic carbocycles. The van der Waals surface area contributed by atoms with Crippen molar-refractivity contribution in [3.63, 3.8) is 0 Å². The van der Waals surface area contributed by atoms with Gasteiger partial charge in [-0.05, 0) is 50.7 Å². The number of nitrogens with zero attached hydrogens (tertiary/aromatic N) is 3. The normalized spacial score (nSPS) is 17.4. The monoisotopic (exact) mass is 406 g/mol. The van der Waals surface area contributed by atoms with Crippen molar-refractivity contribution in [3.8, 4) is 0 Å². The summed E-state index contributed by atoms with van der Waals surface area (Å²) in [4.78, 5) is 23.1. The van der Waals surface area contributed by atoms with Gasteiger partial charge in [0, 0.05) is 37.9 Å². The van der Waals surface area contributed by atoms with Crippen molar-refractivity contribution < 1.29 is 4.79 Å². The largest absolute Gasteiger partial charge is 0.369 e. The molecule has 0 saturated carbocycles. The zero-order valence-corrected chi connectivity index (χ0v) is 17.9. The Kier molecular flexibility index (Phi) is 9.96. The molecule has 1 fully saturated rings. The number of carbonyl (C=O) groups excluding carboxylic acids is 1. The first-order valence-corrected chi connectivity index (χ1v) is 11.5. The molecule has 0 radical (unpaired) electrons. The van der Waals surface area contributed by atoms with E-state index in [1.165, 1.54) is 12.2 Å². The van der Waals surface area contributed by atoms with Gasteiger partial charge in [0.1, 0.15) is 5.82 Å². The van der Waals surface area contributed by atoms with E-state index in [-0.39, 0.29) is 11.8 Å². The van der Waals surface area contributed by atoms with Crippen LogP contribution in [0.2, 0.25) is 0 Å². The third-order valence-electron chi connectivity index (χ3n) is 4.81. The maximum Gasteiger partial charge on any atom is 0.222 e. The molecule has 1 aliphatic heterocycles. The van der Waals surface area contributed by atoms with Gasteiger partial charge in [-0.2, -0.15) is 11.8 Å². The Balaban J connectivity index is 2.01. The number of amides is 1. The second-order valence-corrected chi connectivity index (χ2v) is 7.98. The number of pyridine rings is 1. The number of aromatic nitrogens is 1. The fraction of sp³-hybridized carbons (Fsp3) is 0.650. The number of nitrogens with two attached hydrogens (primary N) is 1. The first kappa shape index (κ1) is 22.3. The van der Waals surface area contributed by atoms with Gasteiger partial charge in [0.05, 0.1) is 12.5 Å². The SMILES string of the molecule is CCNC(=NCc1cccnc1N1CCCC(C(N)=O)C1)NCCCCSC. The summed E-state index contributed by atoms with van der Waals surface area (Å²) in [5.74, 6) is 2.60. The maximum atomic E-state index is 11.6. The number of piperidine rings is 1. The van der Waals surface area contributed by atoms with Crippen LogP contribution in [0.5, 0.6) is 0 Å². The second kappa shape index (κ2) is 12.5. The lowest BCUT2D eigenvalue weighted by molar-refractivity contribution is -0.122. The van der Waals surface area contributed by atoms with Gasteiger partial charge in [-0.15, -0.1) is 0 Å². The number of hydrogen-bond donors (Lipinski definition) is 3. The molecule has 1 unspecified atom stereocenters. The van der Waals surface area contributed by atoms with E-state index >= 15 is 0 Å². The molecular formula is C20H34N6OS. The van der Waals surface area contributed by atoms with Crippen molar-refractivity contribution in [2.24, 2.45) is 16.6 Å². The van der Waals surface area contributed by atoms with Crippen LogP contribution in [0.1, 0.15) is 38.2 Å². The highest BCUT2D eigenvalue weighted by Gasteiger charge is 2.25. The molecular weight excluding hydrogens is 372 g/mol. The van der Waals surface area contributed by atoms with Gasteiger partial charge in [0.25, 0.3) is 0 Å². The van der Waals surface area contributed by atoms with Crippen LogP contribution >= 0.6 is 11.8 Å². The molecule has 1 aromatic rings. The van der Waals surface area contributed by atoms with Crippen LogP contribution in [-0.2, 0) is 11.3 Å². The van der Waals surface area contributed by atoms with E-state index in [0.717, 1.165) is 56.2 Å². The van der Waals surface area contributed by atoms with Crippen molar-refractivity contribution in [1.82, 2.24) is 15.6 Å². The average Bonchev–Trinajstić information content (AvgIpc) is 2.72. The van der Waals surface area contributed by atoms with Crippen molar-refractivity contribution in [2.75, 3.05) is 43.1 Å². The summed E-state index contributed by atoms with van der Waals surface area (Å²) >= 11 is 1.88. The summed E-state index contributed by atoms with van der Waals surface area (Å²) in [7, 11) is 0. The summed E-state index contributed by atoms with van der Waals surface area (Å²) in [6, 6.07) is 3.99. The highest BCUT2D eigenvalue weighted by molar-refractivity contribution is 7.98. The van der Waals surface area contributed by atoms with Gasteiger partial charge < -0.3 is 21.3 Å². The Morgan fingerprint density at radius 1 is 1.43 bits per heavy atom. The molecule has 1 aromatic heterocycles. The smallest absolute Gasteiger partial charge is 0.222 e. The van der Waals surface area contributed by atoms with E-state index in [2.05, 4.69) is 39.8 Å². The lowest BCUT2D eigenvalue weighted by Crippen LogP contribution is -2.42. The van der Waals surface area contributed by atoms with Gasteiger partial charge in [-0.3, -0.25) is 4.79 Å². The van der Waals surface area contributed by atoms with Crippen LogP contribution < -0.4 is 21.3 Å². The predicted molar refractivity (Wildman–Crippen MR) is 119 cm³/mol. The molecule has 0 spiro atoms. The Morgan fingerprint density at radius 2 is 2.29 bits per heavy atom. The number of unbranched alkanes of at least 4 members (excludes halogenated alkanes) is 1. The van der Waals surface area contributed by atoms with E-state index in [0.29, 0.717) is 13.1 Å². The summed E-state index contributed by atoms with van der Waals surface area (Å²) in [5.41, 5.74) is 6.59. The van der Waals surface area contributed by atoms with Crippen molar-refractivity contribution >= 4 is 29.4 Å². The van der Waals surface area contributed by atoms with Gasteiger partial charge in [-0.1, -0.05) is 6.07 Å². The molecule has 2 rings (SSSR count). The summed E-state index contributed by atoms with van der Waals surface area (Å²) in [6.07, 6.45) is 8.08. The quantitative estimate of drug-likeness (QED) is 0.312. The molecule has 2 heterocycles. The summed E-state index contributed by atoms with van der Waals surface area (Å²) in [6.45, 7) is 5.88. The lowest BCUT2D eigenvalue weighted by atomic mass is 9.97. The highest BCUT2D eigenvalue weighted by atomic mass is 32.2. The first-order chi connectivity index (χ1) is 13.7. The predicted octanol–water partition coefficient (Wildman–Crippen LogP) is 1.98. The zero-order valence-electron chi connectivity index (χ0n) is 17.1. The van der Waals surface area contributed by atoms with Crippen LogP contribution in [0, 0.1) is 5.92 Å². The average molecular weight is 407 g/mol. The van der Waals surface area contributed by atoms with Crippen molar-refractivity contribution in [1.29, 1.82) is 0 Å². The molecule has 1 atom stereocenters. The van der Waals surface area contributed by atoms with Gasteiger partial charge >= 0.3 is 0 Å². The number of hydrogen-bond acceptors (Lipinski definition) is 5. The fourth-order valence-corrected chi connectivity index (χ4v) is 3.82. The Labute approximate surface area is 172 Å². The minimum absolute atomic E-state index is 0.104. The summed E-state index contributed by atoms with van der Waals surface area (Å²) in [5, 5.41) is 6.71. The Morgan fingerprint density at radius 3 is 3.04 bits per heavy atom. The third-order valence-corrected chi connectivity index (χ3v) is 5.51. The number of carbonyl (C=O) groups is 1. The number of anilines is 1. The van der Waals surface area contributed by atoms with Gasteiger partial charge in [0.2, 0.25) is 5.91 Å². The number of rotatable bonds is 10. The summed E-state index contributed by atoms with van der Waals surface area (Å²) < 4.78 is 0. The highest BCUT2D eigenvalue weighted by Crippen LogP contribution is 2.24. The van der Waals surface area contributed by atoms with E-state index in [4.69, 9.17) is 10.7 Å². The molecule has 4 N–H and O–H groups in total. The topological polar surface area (TPSA) is 95.6 Å². The second-order valence-electron chi connectivity index (χ2n) is 7.00. The number of aliphatic imine (C=N–C) groups is 1. The standard InChI is InChI=1S/C20H34N6OS/c1-3-22-20(24-10-4-5-13-28-2)25-14-16-8-6-11-23-19(16)26-12-7-9-17(15-26)18(21)27/h6,8,11,17H,3-5,7,9-10,12-15H2,1-2H3,(H2,21,27)(H2,22,24,25). The molecule has 8 heteroatoms.